The summed E-state index contributed by atoms with van der Waals surface area (Å²) in [6.07, 6.45) is -1.31. The van der Waals surface area contributed by atoms with E-state index in [-0.39, 0.29) is 17.3 Å². The summed E-state index contributed by atoms with van der Waals surface area (Å²) >= 11 is 0. The smallest absolute Gasteiger partial charge is 0.405 e. The minimum absolute atomic E-state index is 0.0182. The van der Waals surface area contributed by atoms with Gasteiger partial charge in [0.05, 0.1) is 10.9 Å². The molecule has 2 unspecified atom stereocenters. The molecular weight excluding hydrogens is 404 g/mol. The Labute approximate surface area is 165 Å². The summed E-state index contributed by atoms with van der Waals surface area (Å²) in [6.45, 7) is -0.686. The molecule has 3 aromatic rings. The van der Waals surface area contributed by atoms with Crippen molar-refractivity contribution in [1.82, 2.24) is 14.6 Å². The molecule has 152 valence electrons. The van der Waals surface area contributed by atoms with Gasteiger partial charge in [-0.05, 0) is 35.9 Å². The Hall–Kier alpha value is -2.98. The second-order valence-corrected chi connectivity index (χ2v) is 8.75. The number of nitrogens with one attached hydrogen (secondary N) is 2. The van der Waals surface area contributed by atoms with Gasteiger partial charge in [0.1, 0.15) is 12.0 Å². The van der Waals surface area contributed by atoms with Gasteiger partial charge in [-0.3, -0.25) is 0 Å². The fraction of sp³-hybridized carbons (Fsp3) is 0.211. The van der Waals surface area contributed by atoms with Gasteiger partial charge in [0.25, 0.3) is 0 Å². The zero-order chi connectivity index (χ0) is 20.8. The van der Waals surface area contributed by atoms with Gasteiger partial charge in [-0.25, -0.2) is 22.0 Å². The van der Waals surface area contributed by atoms with Crippen LogP contribution in [-0.4, -0.2) is 54.2 Å². The molecule has 0 radical (unpaired) electrons. The zero-order valence-electron chi connectivity index (χ0n) is 15.0. The fourth-order valence-corrected chi connectivity index (χ4v) is 4.99. The van der Waals surface area contributed by atoms with Crippen LogP contribution >= 0.6 is 0 Å². The maximum absolute atomic E-state index is 14.0. The quantitative estimate of drug-likeness (QED) is 0.603. The largest absolute Gasteiger partial charge is 0.465 e. The standard InChI is InChI=1S/C19H17F2N3O4S/c20-12-3-6-14-15(8-22-17(14)7-12)11-1-4-13(5-2-11)29(27,28)24-9-16(21)18(10-24)23-19(25)26/h1-8,16,18,22-23H,9-10H2,(H,25,26). The highest BCUT2D eigenvalue weighted by Crippen LogP contribution is 2.31. The number of alkyl halides is 1. The number of carbonyl (C=O) groups is 1. The van der Waals surface area contributed by atoms with E-state index in [1.165, 1.54) is 24.3 Å². The van der Waals surface area contributed by atoms with E-state index in [1.807, 2.05) is 5.32 Å². The van der Waals surface area contributed by atoms with Crippen molar-refractivity contribution in [2.75, 3.05) is 13.1 Å². The third-order valence-corrected chi connectivity index (χ3v) is 6.82. The van der Waals surface area contributed by atoms with Crippen molar-refractivity contribution in [2.45, 2.75) is 17.1 Å². The van der Waals surface area contributed by atoms with Gasteiger partial charge >= 0.3 is 6.09 Å². The first-order valence-electron chi connectivity index (χ1n) is 8.76. The summed E-state index contributed by atoms with van der Waals surface area (Å²) in [6, 6.07) is 9.33. The predicted octanol–water partition coefficient (Wildman–Crippen LogP) is 2.95. The van der Waals surface area contributed by atoms with Gasteiger partial charge in [-0.2, -0.15) is 4.31 Å². The second kappa shape index (κ2) is 7.12. The van der Waals surface area contributed by atoms with E-state index >= 15 is 0 Å². The van der Waals surface area contributed by atoms with Gasteiger partial charge in [0.15, 0.2) is 0 Å². The van der Waals surface area contributed by atoms with E-state index in [0.29, 0.717) is 5.52 Å². The van der Waals surface area contributed by atoms with Crippen LogP contribution in [0.3, 0.4) is 0 Å². The van der Waals surface area contributed by atoms with Crippen LogP contribution < -0.4 is 5.32 Å². The van der Waals surface area contributed by atoms with Crippen molar-refractivity contribution in [3.8, 4) is 11.1 Å². The summed E-state index contributed by atoms with van der Waals surface area (Å²) in [7, 11) is -3.97. The third kappa shape index (κ3) is 3.56. The van der Waals surface area contributed by atoms with Crippen LogP contribution in [0.4, 0.5) is 13.6 Å². The Morgan fingerprint density at radius 2 is 1.90 bits per heavy atom. The van der Waals surface area contributed by atoms with E-state index < -0.39 is 34.9 Å². The average Bonchev–Trinajstić information content (AvgIpc) is 3.25. The molecule has 0 bridgehead atoms. The average molecular weight is 421 g/mol. The molecular formula is C19H17F2N3O4S. The number of hydrogen-bond acceptors (Lipinski definition) is 3. The van der Waals surface area contributed by atoms with Gasteiger partial charge < -0.3 is 15.4 Å². The molecule has 1 aromatic heterocycles. The molecule has 0 spiro atoms. The molecule has 4 rings (SSSR count). The monoisotopic (exact) mass is 421 g/mol. The lowest BCUT2D eigenvalue weighted by Crippen LogP contribution is -2.40. The lowest BCUT2D eigenvalue weighted by atomic mass is 10.1. The van der Waals surface area contributed by atoms with Crippen LogP contribution in [0.1, 0.15) is 0 Å². The number of nitrogens with zero attached hydrogens (tertiary/aromatic N) is 1. The number of halogens is 2. The lowest BCUT2D eigenvalue weighted by molar-refractivity contribution is 0.183. The van der Waals surface area contributed by atoms with E-state index in [9.17, 15) is 22.0 Å². The molecule has 7 nitrogen and oxygen atoms in total. The third-order valence-electron chi connectivity index (χ3n) is 4.97. The number of carboxylic acid groups (broad SMARTS) is 1. The van der Waals surface area contributed by atoms with E-state index in [1.54, 1.807) is 24.4 Å². The lowest BCUT2D eigenvalue weighted by Gasteiger charge is -2.16. The number of rotatable bonds is 4. The normalized spacial score (nSPS) is 20.2. The molecule has 2 atom stereocenters. The first kappa shape index (κ1) is 19.3. The Bertz CT molecular complexity index is 1180. The molecule has 1 amide bonds. The van der Waals surface area contributed by atoms with Crippen LogP contribution in [0.2, 0.25) is 0 Å². The first-order chi connectivity index (χ1) is 13.8. The topological polar surface area (TPSA) is 102 Å². The van der Waals surface area contributed by atoms with Crippen molar-refractivity contribution in [3.63, 3.8) is 0 Å². The summed E-state index contributed by atoms with van der Waals surface area (Å²) in [5.74, 6) is -0.361. The molecule has 1 aliphatic rings. The van der Waals surface area contributed by atoms with Gasteiger partial charge in [-0.1, -0.05) is 12.1 Å². The summed E-state index contributed by atoms with van der Waals surface area (Å²) in [4.78, 5) is 13.7. The van der Waals surface area contributed by atoms with Crippen molar-refractivity contribution in [1.29, 1.82) is 0 Å². The van der Waals surface area contributed by atoms with Crippen LogP contribution in [0, 0.1) is 5.82 Å². The van der Waals surface area contributed by atoms with E-state index in [2.05, 4.69) is 4.98 Å². The second-order valence-electron chi connectivity index (χ2n) is 6.81. The number of aromatic nitrogens is 1. The van der Waals surface area contributed by atoms with Gasteiger partial charge in [-0.15, -0.1) is 0 Å². The number of amides is 1. The Morgan fingerprint density at radius 3 is 2.59 bits per heavy atom. The number of benzene rings is 2. The summed E-state index contributed by atoms with van der Waals surface area (Å²) in [5.41, 5.74) is 2.15. The Balaban J connectivity index is 1.59. The Kier molecular flexibility index (Phi) is 4.75. The maximum atomic E-state index is 14.0. The minimum Gasteiger partial charge on any atom is -0.465 e. The van der Waals surface area contributed by atoms with Crippen molar-refractivity contribution < 1.29 is 27.1 Å². The van der Waals surface area contributed by atoms with Gasteiger partial charge in [0.2, 0.25) is 10.0 Å². The molecule has 29 heavy (non-hydrogen) atoms. The summed E-state index contributed by atoms with van der Waals surface area (Å²) < 4.78 is 53.9. The Morgan fingerprint density at radius 1 is 1.17 bits per heavy atom. The van der Waals surface area contributed by atoms with Crippen molar-refractivity contribution in [3.05, 3.63) is 54.5 Å². The highest BCUT2D eigenvalue weighted by atomic mass is 32.2. The van der Waals surface area contributed by atoms with Crippen molar-refractivity contribution >= 4 is 27.0 Å². The highest BCUT2D eigenvalue weighted by Gasteiger charge is 2.40. The maximum Gasteiger partial charge on any atom is 0.405 e. The highest BCUT2D eigenvalue weighted by molar-refractivity contribution is 7.89. The number of sulfonamides is 1. The molecule has 2 aromatic carbocycles. The number of hydrogen-bond donors (Lipinski definition) is 3. The number of aromatic amines is 1. The van der Waals surface area contributed by atoms with Crippen LogP contribution in [0.5, 0.6) is 0 Å². The SMILES string of the molecule is O=C(O)NC1CN(S(=O)(=O)c2ccc(-c3c[nH]c4cc(F)ccc34)cc2)CC1F. The minimum atomic E-state index is -3.97. The molecule has 10 heteroatoms. The van der Waals surface area contributed by atoms with E-state index in [0.717, 1.165) is 20.8 Å². The fourth-order valence-electron chi connectivity index (χ4n) is 3.51. The number of H-pyrrole nitrogens is 1. The molecule has 1 saturated heterocycles. The molecule has 0 saturated carbocycles. The molecule has 2 heterocycles. The molecule has 0 aliphatic carbocycles. The van der Waals surface area contributed by atoms with Crippen LogP contribution in [0.25, 0.3) is 22.0 Å². The molecule has 3 N–H and O–H groups in total. The van der Waals surface area contributed by atoms with Gasteiger partial charge in [0, 0.05) is 35.8 Å². The van der Waals surface area contributed by atoms with Crippen LogP contribution in [-0.2, 0) is 10.0 Å². The zero-order valence-corrected chi connectivity index (χ0v) is 15.8. The number of fused-ring (bicyclic) bond motifs is 1. The molecule has 1 aliphatic heterocycles. The van der Waals surface area contributed by atoms with E-state index in [4.69, 9.17) is 5.11 Å². The first-order valence-corrected chi connectivity index (χ1v) is 10.2. The van der Waals surface area contributed by atoms with Crippen LogP contribution in [0.15, 0.2) is 53.6 Å². The summed E-state index contributed by atoms with van der Waals surface area (Å²) in [5, 5.41) is 11.5. The predicted molar refractivity (Wildman–Crippen MR) is 102 cm³/mol. The van der Waals surface area contributed by atoms with Crippen molar-refractivity contribution in [2.24, 2.45) is 0 Å². The molecule has 1 fully saturated rings.